The Morgan fingerprint density at radius 1 is 1.08 bits per heavy atom. The summed E-state index contributed by atoms with van der Waals surface area (Å²) in [5, 5.41) is 4.23. The Hall–Kier alpha value is -2.96. The molecule has 2 rings (SSSR count). The molecule has 0 saturated carbocycles. The van der Waals surface area contributed by atoms with Gasteiger partial charge in [-0.2, -0.15) is 5.10 Å². The highest BCUT2D eigenvalue weighted by atomic mass is 16.5. The fraction of sp³-hybridized carbons (Fsp3) is 0.333. The van der Waals surface area contributed by atoms with Crippen molar-refractivity contribution in [2.24, 2.45) is 0 Å². The van der Waals surface area contributed by atoms with Gasteiger partial charge in [-0.25, -0.2) is 9.59 Å². The lowest BCUT2D eigenvalue weighted by Gasteiger charge is -2.08. The van der Waals surface area contributed by atoms with Crippen molar-refractivity contribution in [3.8, 4) is 0 Å². The smallest absolute Gasteiger partial charge is 0.359 e. The number of rotatable bonds is 8. The van der Waals surface area contributed by atoms with E-state index in [1.54, 1.807) is 13.8 Å². The molecular formula is C18H20N2O5. The van der Waals surface area contributed by atoms with Gasteiger partial charge in [0.05, 0.1) is 19.8 Å². The van der Waals surface area contributed by atoms with Gasteiger partial charge in [0.1, 0.15) is 6.29 Å². The minimum Gasteiger partial charge on any atom is -0.461 e. The molecule has 0 spiro atoms. The predicted octanol–water partition coefficient (Wildman–Crippen LogP) is 2.03. The van der Waals surface area contributed by atoms with E-state index in [1.165, 1.54) is 4.68 Å². The summed E-state index contributed by atoms with van der Waals surface area (Å²) in [6, 6.07) is 9.35. The Morgan fingerprint density at radius 3 is 2.32 bits per heavy atom. The Morgan fingerprint density at radius 2 is 1.72 bits per heavy atom. The molecule has 2 aromatic rings. The van der Waals surface area contributed by atoms with E-state index in [-0.39, 0.29) is 43.1 Å². The van der Waals surface area contributed by atoms with Crippen molar-refractivity contribution in [1.82, 2.24) is 9.78 Å². The van der Waals surface area contributed by atoms with Crippen LogP contribution >= 0.6 is 0 Å². The van der Waals surface area contributed by atoms with Crippen molar-refractivity contribution in [1.29, 1.82) is 0 Å². The van der Waals surface area contributed by atoms with Crippen LogP contribution in [0.3, 0.4) is 0 Å². The lowest BCUT2D eigenvalue weighted by Crippen LogP contribution is -2.16. The summed E-state index contributed by atoms with van der Waals surface area (Å²) in [5.74, 6) is -1.30. The van der Waals surface area contributed by atoms with E-state index in [2.05, 4.69) is 5.10 Å². The molecule has 0 atom stereocenters. The highest BCUT2D eigenvalue weighted by Crippen LogP contribution is 2.19. The van der Waals surface area contributed by atoms with Crippen LogP contribution in [0, 0.1) is 0 Å². The van der Waals surface area contributed by atoms with Crippen LogP contribution in [0.25, 0.3) is 0 Å². The molecule has 0 N–H and O–H groups in total. The molecule has 0 unspecified atom stereocenters. The fourth-order valence-corrected chi connectivity index (χ4v) is 2.44. The summed E-state index contributed by atoms with van der Waals surface area (Å²) in [5.41, 5.74) is 1.18. The topological polar surface area (TPSA) is 87.5 Å². The third-order valence-corrected chi connectivity index (χ3v) is 3.45. The normalized spacial score (nSPS) is 10.3. The second-order valence-electron chi connectivity index (χ2n) is 5.13. The van der Waals surface area contributed by atoms with Crippen LogP contribution in [0.5, 0.6) is 0 Å². The van der Waals surface area contributed by atoms with E-state index < -0.39 is 11.9 Å². The van der Waals surface area contributed by atoms with Crippen LogP contribution in [0.2, 0.25) is 0 Å². The Kier molecular flexibility index (Phi) is 6.45. The van der Waals surface area contributed by atoms with Gasteiger partial charge in [0.2, 0.25) is 0 Å². The maximum Gasteiger partial charge on any atom is 0.359 e. The summed E-state index contributed by atoms with van der Waals surface area (Å²) in [6.07, 6.45) is 0.492. The number of hydrogen-bond acceptors (Lipinski definition) is 6. The number of ether oxygens (including phenoxy) is 2. The zero-order valence-corrected chi connectivity index (χ0v) is 14.2. The maximum absolute atomic E-state index is 12.4. The second-order valence-corrected chi connectivity index (χ2v) is 5.13. The van der Waals surface area contributed by atoms with Gasteiger partial charge in [0, 0.05) is 12.0 Å². The van der Waals surface area contributed by atoms with Gasteiger partial charge in [0.25, 0.3) is 0 Å². The highest BCUT2D eigenvalue weighted by Gasteiger charge is 2.28. The molecule has 1 aromatic carbocycles. The molecule has 0 saturated heterocycles. The van der Waals surface area contributed by atoms with E-state index in [0.717, 1.165) is 5.56 Å². The molecule has 0 aliphatic rings. The lowest BCUT2D eigenvalue weighted by molar-refractivity contribution is -0.107. The van der Waals surface area contributed by atoms with Gasteiger partial charge in [-0.05, 0) is 19.4 Å². The summed E-state index contributed by atoms with van der Waals surface area (Å²) in [6.45, 7) is 3.95. The average Bonchev–Trinajstić information content (AvgIpc) is 2.95. The molecule has 7 heteroatoms. The molecule has 25 heavy (non-hydrogen) atoms. The number of hydrogen-bond donors (Lipinski definition) is 0. The van der Waals surface area contributed by atoms with Crippen LogP contribution in [0.1, 0.15) is 46.0 Å². The number of benzene rings is 1. The molecule has 1 aromatic heterocycles. The molecule has 0 aliphatic heterocycles. The van der Waals surface area contributed by atoms with Gasteiger partial charge >= 0.3 is 11.9 Å². The first kappa shape index (κ1) is 18.4. The van der Waals surface area contributed by atoms with Crippen molar-refractivity contribution < 1.29 is 23.9 Å². The number of carbonyl (C=O) groups excluding carboxylic acids is 3. The van der Waals surface area contributed by atoms with Crippen molar-refractivity contribution in [3.05, 3.63) is 52.8 Å². The van der Waals surface area contributed by atoms with E-state index in [0.29, 0.717) is 6.29 Å². The quantitative estimate of drug-likeness (QED) is 0.538. The number of aldehydes is 1. The van der Waals surface area contributed by atoms with Crippen LogP contribution in [0.4, 0.5) is 0 Å². The fourth-order valence-electron chi connectivity index (χ4n) is 2.44. The minimum atomic E-state index is -0.670. The van der Waals surface area contributed by atoms with Crippen molar-refractivity contribution in [2.75, 3.05) is 13.2 Å². The number of nitrogens with zero attached hydrogens (tertiary/aromatic N) is 2. The van der Waals surface area contributed by atoms with Crippen molar-refractivity contribution >= 4 is 18.2 Å². The molecule has 132 valence electrons. The van der Waals surface area contributed by atoms with Crippen LogP contribution in [0.15, 0.2) is 30.3 Å². The Bertz CT molecular complexity index is 752. The predicted molar refractivity (Wildman–Crippen MR) is 89.5 cm³/mol. The molecule has 0 radical (unpaired) electrons. The van der Waals surface area contributed by atoms with E-state index >= 15 is 0 Å². The molecule has 0 amide bonds. The molecule has 1 heterocycles. The highest BCUT2D eigenvalue weighted by molar-refractivity contribution is 5.97. The number of carbonyl (C=O) groups is 3. The second kappa shape index (κ2) is 8.77. The first-order chi connectivity index (χ1) is 12.1. The van der Waals surface area contributed by atoms with E-state index in [4.69, 9.17) is 9.47 Å². The largest absolute Gasteiger partial charge is 0.461 e. The van der Waals surface area contributed by atoms with Gasteiger partial charge in [0.15, 0.2) is 11.4 Å². The van der Waals surface area contributed by atoms with Crippen molar-refractivity contribution in [2.45, 2.75) is 26.8 Å². The maximum atomic E-state index is 12.4. The molecule has 7 nitrogen and oxygen atoms in total. The third kappa shape index (κ3) is 4.32. The average molecular weight is 344 g/mol. The number of esters is 2. The first-order valence-electron chi connectivity index (χ1n) is 8.03. The standard InChI is InChI=1S/C18H20N2O5/c1-3-24-17(22)15-14(10-11-21)16(18(23)25-4-2)20(19-15)12-13-8-6-5-7-9-13/h5-9,11H,3-4,10,12H2,1-2H3. The zero-order chi connectivity index (χ0) is 18.2. The van der Waals surface area contributed by atoms with E-state index in [1.807, 2.05) is 30.3 Å². The van der Waals surface area contributed by atoms with Gasteiger partial charge in [-0.3, -0.25) is 4.68 Å². The van der Waals surface area contributed by atoms with Gasteiger partial charge < -0.3 is 14.3 Å². The summed E-state index contributed by atoms with van der Waals surface area (Å²) in [7, 11) is 0. The van der Waals surface area contributed by atoms with Crippen LogP contribution in [-0.2, 0) is 27.2 Å². The summed E-state index contributed by atoms with van der Waals surface area (Å²) in [4.78, 5) is 35.6. The molecule has 0 fully saturated rings. The van der Waals surface area contributed by atoms with Crippen LogP contribution in [-0.4, -0.2) is 41.2 Å². The zero-order valence-electron chi connectivity index (χ0n) is 14.2. The Labute approximate surface area is 145 Å². The lowest BCUT2D eigenvalue weighted by atomic mass is 10.1. The van der Waals surface area contributed by atoms with Crippen LogP contribution < -0.4 is 0 Å². The van der Waals surface area contributed by atoms with Gasteiger partial charge in [-0.1, -0.05) is 30.3 Å². The van der Waals surface area contributed by atoms with Gasteiger partial charge in [-0.15, -0.1) is 0 Å². The number of aromatic nitrogens is 2. The summed E-state index contributed by atoms with van der Waals surface area (Å²) >= 11 is 0. The Balaban J connectivity index is 2.54. The van der Waals surface area contributed by atoms with Crippen molar-refractivity contribution in [3.63, 3.8) is 0 Å². The SMILES string of the molecule is CCOC(=O)c1nn(Cc2ccccc2)c(C(=O)OCC)c1CC=O. The molecule has 0 bridgehead atoms. The third-order valence-electron chi connectivity index (χ3n) is 3.45. The molecular weight excluding hydrogens is 324 g/mol. The minimum absolute atomic E-state index is 0.0343. The molecule has 0 aliphatic carbocycles. The first-order valence-corrected chi connectivity index (χ1v) is 8.03. The monoisotopic (exact) mass is 344 g/mol. The van der Waals surface area contributed by atoms with E-state index in [9.17, 15) is 14.4 Å². The summed E-state index contributed by atoms with van der Waals surface area (Å²) < 4.78 is 11.5.